The fraction of sp³-hybridized carbons (Fsp3) is 0.600. The second kappa shape index (κ2) is 3.61. The smallest absolute Gasteiger partial charge is 0.0103 e. The van der Waals surface area contributed by atoms with Gasteiger partial charge in [-0.1, -0.05) is 25.2 Å². The summed E-state index contributed by atoms with van der Waals surface area (Å²) in [5.74, 6) is 0. The summed E-state index contributed by atoms with van der Waals surface area (Å²) in [6, 6.07) is 0. The molecule has 1 aliphatic rings. The summed E-state index contributed by atoms with van der Waals surface area (Å²) in [6.07, 6.45) is 13.1. The topological polar surface area (TPSA) is 26.0 Å². The van der Waals surface area contributed by atoms with Crippen LogP contribution in [0.5, 0.6) is 0 Å². The minimum Gasteiger partial charge on any atom is -0.405 e. The van der Waals surface area contributed by atoms with E-state index in [-0.39, 0.29) is 0 Å². The molecule has 0 spiro atoms. The molecular weight excluding hydrogens is 134 g/mol. The molecule has 0 amide bonds. The Bertz CT molecular complexity index is 160. The maximum Gasteiger partial charge on any atom is -0.0103 e. The molecule has 0 bridgehead atoms. The summed E-state index contributed by atoms with van der Waals surface area (Å²) in [5.41, 5.74) is 5.79. The Kier molecular flexibility index (Phi) is 2.75. The van der Waals surface area contributed by atoms with Gasteiger partial charge < -0.3 is 5.73 Å². The van der Waals surface area contributed by atoms with Gasteiger partial charge in [0.15, 0.2) is 0 Å². The number of nitrogens with two attached hydrogens (primary N) is 1. The normalized spacial score (nSPS) is 21.5. The van der Waals surface area contributed by atoms with Gasteiger partial charge in [-0.25, -0.2) is 0 Å². The molecule has 0 heterocycles. The van der Waals surface area contributed by atoms with Crippen LogP contribution in [0.3, 0.4) is 0 Å². The Balaban J connectivity index is 2.25. The molecule has 0 aliphatic heterocycles. The lowest BCUT2D eigenvalue weighted by molar-refractivity contribution is 0.325. The molecule has 0 aromatic heterocycles. The van der Waals surface area contributed by atoms with Crippen molar-refractivity contribution in [2.24, 2.45) is 11.1 Å². The fourth-order valence-electron chi connectivity index (χ4n) is 1.55. The number of rotatable bonds is 3. The molecule has 0 fully saturated rings. The van der Waals surface area contributed by atoms with Crippen LogP contribution in [0.15, 0.2) is 24.4 Å². The van der Waals surface area contributed by atoms with E-state index in [1.54, 1.807) is 6.20 Å². The Morgan fingerprint density at radius 3 is 2.64 bits per heavy atom. The van der Waals surface area contributed by atoms with E-state index in [0.29, 0.717) is 5.41 Å². The molecule has 0 aromatic carbocycles. The highest BCUT2D eigenvalue weighted by atomic mass is 14.5. The van der Waals surface area contributed by atoms with Crippen molar-refractivity contribution in [3.63, 3.8) is 0 Å². The predicted octanol–water partition coefficient (Wildman–Crippen LogP) is 2.60. The molecule has 1 heteroatoms. The standard InChI is InChI=1S/C10H17N/c1-10(6-2-3-7-10)8-4-5-9-11/h2-3,5,9H,4,6-8,11H2,1H3/b9-5-. The van der Waals surface area contributed by atoms with Gasteiger partial charge in [0.1, 0.15) is 0 Å². The summed E-state index contributed by atoms with van der Waals surface area (Å²) < 4.78 is 0. The fourth-order valence-corrected chi connectivity index (χ4v) is 1.55. The molecular formula is C10H17N. The van der Waals surface area contributed by atoms with Crippen LogP contribution in [0.4, 0.5) is 0 Å². The first-order valence-electron chi connectivity index (χ1n) is 4.29. The molecule has 0 aromatic rings. The Hall–Kier alpha value is -0.720. The van der Waals surface area contributed by atoms with Crippen LogP contribution in [0.25, 0.3) is 0 Å². The SMILES string of the molecule is CC1(CC/C=C\N)CC=CC1. The van der Waals surface area contributed by atoms with Gasteiger partial charge in [0, 0.05) is 0 Å². The largest absolute Gasteiger partial charge is 0.405 e. The van der Waals surface area contributed by atoms with Gasteiger partial charge in [0.2, 0.25) is 0 Å². The number of allylic oxidation sites excluding steroid dienone is 3. The monoisotopic (exact) mass is 151 g/mol. The van der Waals surface area contributed by atoms with E-state index in [2.05, 4.69) is 19.1 Å². The summed E-state index contributed by atoms with van der Waals surface area (Å²) in [5, 5.41) is 0. The summed E-state index contributed by atoms with van der Waals surface area (Å²) in [4.78, 5) is 0. The van der Waals surface area contributed by atoms with Gasteiger partial charge in [0.25, 0.3) is 0 Å². The van der Waals surface area contributed by atoms with E-state index in [0.717, 1.165) is 6.42 Å². The van der Waals surface area contributed by atoms with E-state index in [4.69, 9.17) is 5.73 Å². The molecule has 0 radical (unpaired) electrons. The lowest BCUT2D eigenvalue weighted by atomic mass is 9.83. The first-order valence-corrected chi connectivity index (χ1v) is 4.29. The van der Waals surface area contributed by atoms with Crippen LogP contribution in [-0.4, -0.2) is 0 Å². The van der Waals surface area contributed by atoms with Crippen LogP contribution >= 0.6 is 0 Å². The highest BCUT2D eigenvalue weighted by Crippen LogP contribution is 2.36. The summed E-state index contributed by atoms with van der Waals surface area (Å²) >= 11 is 0. The number of hydrogen-bond donors (Lipinski definition) is 1. The zero-order chi connectivity index (χ0) is 8.16. The average molecular weight is 151 g/mol. The van der Waals surface area contributed by atoms with Crippen LogP contribution in [0.2, 0.25) is 0 Å². The Morgan fingerprint density at radius 1 is 1.45 bits per heavy atom. The highest BCUT2D eigenvalue weighted by molar-refractivity contribution is 5.01. The minimum absolute atomic E-state index is 0.527. The zero-order valence-electron chi connectivity index (χ0n) is 7.22. The van der Waals surface area contributed by atoms with E-state index in [1.165, 1.54) is 19.3 Å². The maximum atomic E-state index is 5.26. The highest BCUT2D eigenvalue weighted by Gasteiger charge is 2.23. The predicted molar refractivity (Wildman–Crippen MR) is 49.0 cm³/mol. The van der Waals surface area contributed by atoms with Gasteiger partial charge in [-0.2, -0.15) is 0 Å². The average Bonchev–Trinajstić information content (AvgIpc) is 2.38. The third-order valence-electron chi connectivity index (χ3n) is 2.44. The molecule has 62 valence electrons. The van der Waals surface area contributed by atoms with Crippen LogP contribution in [0.1, 0.15) is 32.6 Å². The van der Waals surface area contributed by atoms with E-state index < -0.39 is 0 Å². The Labute approximate surface area is 69.0 Å². The minimum atomic E-state index is 0.527. The molecule has 0 saturated heterocycles. The zero-order valence-corrected chi connectivity index (χ0v) is 7.22. The second-order valence-electron chi connectivity index (χ2n) is 3.66. The molecule has 0 unspecified atom stereocenters. The number of hydrogen-bond acceptors (Lipinski definition) is 1. The third-order valence-corrected chi connectivity index (χ3v) is 2.44. The third kappa shape index (κ3) is 2.41. The summed E-state index contributed by atoms with van der Waals surface area (Å²) in [7, 11) is 0. The van der Waals surface area contributed by atoms with Crippen molar-refractivity contribution >= 4 is 0 Å². The van der Waals surface area contributed by atoms with Crippen molar-refractivity contribution in [2.75, 3.05) is 0 Å². The van der Waals surface area contributed by atoms with Crippen LogP contribution in [-0.2, 0) is 0 Å². The van der Waals surface area contributed by atoms with Gasteiger partial charge >= 0.3 is 0 Å². The van der Waals surface area contributed by atoms with Crippen LogP contribution in [0, 0.1) is 5.41 Å². The second-order valence-corrected chi connectivity index (χ2v) is 3.66. The molecule has 1 nitrogen and oxygen atoms in total. The van der Waals surface area contributed by atoms with Crippen molar-refractivity contribution in [1.29, 1.82) is 0 Å². The van der Waals surface area contributed by atoms with Gasteiger partial charge in [-0.05, 0) is 37.3 Å². The van der Waals surface area contributed by atoms with Crippen molar-refractivity contribution in [3.8, 4) is 0 Å². The Morgan fingerprint density at radius 2 is 2.09 bits per heavy atom. The first kappa shape index (κ1) is 8.38. The molecule has 0 atom stereocenters. The van der Waals surface area contributed by atoms with Crippen molar-refractivity contribution in [3.05, 3.63) is 24.4 Å². The summed E-state index contributed by atoms with van der Waals surface area (Å²) in [6.45, 7) is 2.34. The van der Waals surface area contributed by atoms with Gasteiger partial charge in [-0.3, -0.25) is 0 Å². The van der Waals surface area contributed by atoms with Crippen molar-refractivity contribution in [2.45, 2.75) is 32.6 Å². The molecule has 1 rings (SSSR count). The first-order chi connectivity index (χ1) is 5.27. The van der Waals surface area contributed by atoms with E-state index in [1.807, 2.05) is 6.08 Å². The van der Waals surface area contributed by atoms with Crippen molar-refractivity contribution < 1.29 is 0 Å². The molecule has 11 heavy (non-hydrogen) atoms. The van der Waals surface area contributed by atoms with Crippen molar-refractivity contribution in [1.82, 2.24) is 0 Å². The molecule has 1 aliphatic carbocycles. The lowest BCUT2D eigenvalue weighted by Gasteiger charge is -2.22. The maximum absolute atomic E-state index is 5.26. The van der Waals surface area contributed by atoms with E-state index >= 15 is 0 Å². The van der Waals surface area contributed by atoms with E-state index in [9.17, 15) is 0 Å². The van der Waals surface area contributed by atoms with Crippen LogP contribution < -0.4 is 5.73 Å². The van der Waals surface area contributed by atoms with Gasteiger partial charge in [0.05, 0.1) is 0 Å². The molecule has 2 N–H and O–H groups in total. The quantitative estimate of drug-likeness (QED) is 0.616. The lowest BCUT2D eigenvalue weighted by Crippen LogP contribution is -2.10. The van der Waals surface area contributed by atoms with Gasteiger partial charge in [-0.15, -0.1) is 0 Å². The molecule has 0 saturated carbocycles.